The van der Waals surface area contributed by atoms with E-state index >= 15 is 17.6 Å². The molecule has 0 spiro atoms. The van der Waals surface area contributed by atoms with Gasteiger partial charge in [0.25, 0.3) is 0 Å². The van der Waals surface area contributed by atoms with Crippen LogP contribution in [0.2, 0.25) is 0 Å². The van der Waals surface area contributed by atoms with Crippen LogP contribution in [0.4, 0.5) is 30.7 Å². The molecule has 0 unspecified atom stereocenters. The second-order valence-corrected chi connectivity index (χ2v) is 20.6. The average molecular weight is 1320 g/mol. The molecule has 14 aromatic rings. The standard InChI is InChI=1S/C74H40F7N5.Ir/c75-50-18-22-56(45-15-26-69(82-39-45)60-25-21-53(78)36-67(60)80)61(33-50)47-29-48(62-34-51(76)19-23-57(62)46-16-27-70(83-40-46)74-68(81)37-54(79)41-85-74)31-49(30-47)63-35-52(77)20-24-58(63)66-42-84-71(43-9-3-1-4-10-43)38-64(66)44-17-28-73-65(32-44)59-13-7-8-14-72(59)86(73)55-11-5-2-6-12-55;/h1-9,11-24,26-42H;/q-2;. The van der Waals surface area contributed by atoms with E-state index in [9.17, 15) is 13.2 Å². The molecule has 421 valence electrons. The van der Waals surface area contributed by atoms with Gasteiger partial charge in [-0.15, -0.1) is 48.0 Å². The summed E-state index contributed by atoms with van der Waals surface area (Å²) < 4.78 is 108. The molecule has 0 atom stereocenters. The van der Waals surface area contributed by atoms with Crippen molar-refractivity contribution in [3.8, 4) is 117 Å². The Morgan fingerprint density at radius 3 is 1.51 bits per heavy atom. The second-order valence-electron chi connectivity index (χ2n) is 20.6. The van der Waals surface area contributed by atoms with Crippen LogP contribution in [0, 0.1) is 52.9 Å². The molecule has 5 nitrogen and oxygen atoms in total. The summed E-state index contributed by atoms with van der Waals surface area (Å²) in [4.78, 5) is 18.0. The van der Waals surface area contributed by atoms with Gasteiger partial charge in [0.05, 0.1) is 22.9 Å². The van der Waals surface area contributed by atoms with Crippen molar-refractivity contribution in [1.82, 2.24) is 24.5 Å². The number of rotatable bonds is 11. The van der Waals surface area contributed by atoms with E-state index in [-0.39, 0.29) is 42.8 Å². The van der Waals surface area contributed by atoms with Crippen LogP contribution in [-0.2, 0) is 20.1 Å². The fourth-order valence-corrected chi connectivity index (χ4v) is 11.3. The summed E-state index contributed by atoms with van der Waals surface area (Å²) in [6.07, 6.45) is 5.64. The number of para-hydroxylation sites is 2. The van der Waals surface area contributed by atoms with E-state index in [0.29, 0.717) is 72.5 Å². The van der Waals surface area contributed by atoms with Crippen LogP contribution in [0.25, 0.3) is 139 Å². The van der Waals surface area contributed by atoms with Gasteiger partial charge < -0.3 is 14.5 Å². The van der Waals surface area contributed by atoms with E-state index in [4.69, 9.17) is 4.98 Å². The Hall–Kier alpha value is -10.5. The van der Waals surface area contributed by atoms with Crippen molar-refractivity contribution >= 4 is 21.8 Å². The summed E-state index contributed by atoms with van der Waals surface area (Å²) in [6, 6.07) is 67.5. The summed E-state index contributed by atoms with van der Waals surface area (Å²) in [5.41, 5.74) is 11.8. The topological polar surface area (TPSA) is 56.5 Å². The third kappa shape index (κ3) is 10.7. The zero-order valence-corrected chi connectivity index (χ0v) is 47.7. The van der Waals surface area contributed by atoms with Gasteiger partial charge in [-0.2, -0.15) is 0 Å². The smallest absolute Gasteiger partial charge is 0.153 e. The quantitative estimate of drug-likeness (QED) is 0.0956. The van der Waals surface area contributed by atoms with Gasteiger partial charge in [-0.25, -0.2) is 26.9 Å². The van der Waals surface area contributed by atoms with Gasteiger partial charge >= 0.3 is 0 Å². The van der Waals surface area contributed by atoms with Crippen molar-refractivity contribution in [2.24, 2.45) is 0 Å². The Kier molecular flexibility index (Phi) is 14.8. The third-order valence-electron chi connectivity index (χ3n) is 15.3. The van der Waals surface area contributed by atoms with Gasteiger partial charge in [-0.3, -0.25) is 13.8 Å². The minimum Gasteiger partial charge on any atom is -0.309 e. The number of benzene rings is 9. The predicted molar refractivity (Wildman–Crippen MR) is 324 cm³/mol. The largest absolute Gasteiger partial charge is 0.309 e. The SMILES string of the molecule is Fc1c[c-]c(-c2ccc(-c3ccc(F)cc3-c3cc(-c4cc(F)ccc4-c4ccc(-c5ncc(F)cc5F)nc4)cc(-c4cc(F)ccc4-c4cnc(-c5[c-]cccc5)cc4-c4ccc5c(c4)c4ccccc4n5-c4ccccc4)c3)cn2)c(F)c1.[Ir]. The molecule has 0 saturated carbocycles. The first kappa shape index (κ1) is 55.7. The molecule has 9 aromatic carbocycles. The first-order chi connectivity index (χ1) is 42.0. The predicted octanol–water partition coefficient (Wildman–Crippen LogP) is 19.6. The van der Waals surface area contributed by atoms with Crippen LogP contribution < -0.4 is 0 Å². The number of nitrogens with zero attached hydrogens (tertiary/aromatic N) is 5. The maximum Gasteiger partial charge on any atom is 0.153 e. The summed E-state index contributed by atoms with van der Waals surface area (Å²) in [5.74, 6) is -5.13. The van der Waals surface area contributed by atoms with Gasteiger partial charge in [-0.1, -0.05) is 96.6 Å². The number of hydrogen-bond donors (Lipinski definition) is 0. The van der Waals surface area contributed by atoms with Crippen LogP contribution >= 0.6 is 0 Å². The molecule has 1 radical (unpaired) electrons. The Balaban J connectivity index is 0.00000700. The number of aromatic nitrogens is 5. The number of fused-ring (bicyclic) bond motifs is 3. The number of hydrogen-bond acceptors (Lipinski definition) is 4. The molecule has 87 heavy (non-hydrogen) atoms. The molecule has 0 aliphatic heterocycles. The van der Waals surface area contributed by atoms with Crippen LogP contribution in [0.5, 0.6) is 0 Å². The molecule has 13 heteroatoms. The molecular formula is C74H40F7IrN5-2. The summed E-state index contributed by atoms with van der Waals surface area (Å²) in [6.45, 7) is 0. The fourth-order valence-electron chi connectivity index (χ4n) is 11.3. The normalized spacial score (nSPS) is 11.3. The van der Waals surface area contributed by atoms with Crippen molar-refractivity contribution in [2.45, 2.75) is 0 Å². The van der Waals surface area contributed by atoms with E-state index in [1.54, 1.807) is 48.7 Å². The zero-order valence-electron chi connectivity index (χ0n) is 45.3. The molecule has 0 bridgehead atoms. The molecule has 0 N–H and O–H groups in total. The van der Waals surface area contributed by atoms with Gasteiger partial charge in [0.1, 0.15) is 29.0 Å². The minimum absolute atomic E-state index is 0. The molecule has 0 aliphatic carbocycles. The molecule has 0 aliphatic rings. The maximum absolute atomic E-state index is 16.4. The average Bonchev–Trinajstić information content (AvgIpc) is 1.80. The number of pyridine rings is 4. The van der Waals surface area contributed by atoms with Gasteiger partial charge in [0.15, 0.2) is 5.82 Å². The van der Waals surface area contributed by atoms with Crippen molar-refractivity contribution in [2.75, 3.05) is 0 Å². The maximum atomic E-state index is 16.4. The molecule has 0 fully saturated rings. The Labute approximate surface area is 507 Å². The van der Waals surface area contributed by atoms with Gasteiger partial charge in [0.2, 0.25) is 0 Å². The minimum atomic E-state index is -0.903. The van der Waals surface area contributed by atoms with E-state index < -0.39 is 40.7 Å². The first-order valence-electron chi connectivity index (χ1n) is 27.2. The molecule has 14 rings (SSSR count). The first-order valence-corrected chi connectivity index (χ1v) is 27.2. The second kappa shape index (κ2) is 23.2. The fraction of sp³-hybridized carbons (Fsp3) is 0. The molecular weight excluding hydrogens is 1280 g/mol. The monoisotopic (exact) mass is 1320 g/mol. The molecule has 0 amide bonds. The summed E-state index contributed by atoms with van der Waals surface area (Å²) in [7, 11) is 0. The van der Waals surface area contributed by atoms with Crippen LogP contribution in [0.1, 0.15) is 0 Å². The van der Waals surface area contributed by atoms with Crippen molar-refractivity contribution in [3.05, 3.63) is 296 Å². The van der Waals surface area contributed by atoms with Gasteiger partial charge in [-0.05, 0) is 169 Å². The van der Waals surface area contributed by atoms with E-state index in [1.165, 1.54) is 54.9 Å². The Bertz CT molecular complexity index is 4800. The van der Waals surface area contributed by atoms with E-state index in [1.807, 2.05) is 72.8 Å². The number of halogens is 7. The van der Waals surface area contributed by atoms with E-state index in [0.717, 1.165) is 68.6 Å². The zero-order chi connectivity index (χ0) is 58.6. The van der Waals surface area contributed by atoms with Crippen LogP contribution in [0.15, 0.2) is 243 Å². The third-order valence-corrected chi connectivity index (χ3v) is 15.3. The summed E-state index contributed by atoms with van der Waals surface area (Å²) >= 11 is 0. The molecule has 5 aromatic heterocycles. The molecule has 5 heterocycles. The molecule has 0 saturated heterocycles. The van der Waals surface area contributed by atoms with Crippen LogP contribution in [-0.4, -0.2) is 24.5 Å². The van der Waals surface area contributed by atoms with Crippen molar-refractivity contribution in [1.29, 1.82) is 0 Å². The van der Waals surface area contributed by atoms with Gasteiger partial charge in [0, 0.05) is 84.0 Å². The van der Waals surface area contributed by atoms with Crippen molar-refractivity contribution < 1.29 is 50.8 Å². The Morgan fingerprint density at radius 1 is 0.322 bits per heavy atom. The summed E-state index contributed by atoms with van der Waals surface area (Å²) in [5, 5.41) is 2.04. The van der Waals surface area contributed by atoms with E-state index in [2.05, 4.69) is 74.1 Å². The van der Waals surface area contributed by atoms with Crippen LogP contribution in [0.3, 0.4) is 0 Å². The Morgan fingerprint density at radius 2 is 0.885 bits per heavy atom. The van der Waals surface area contributed by atoms with Crippen molar-refractivity contribution in [3.63, 3.8) is 0 Å².